The van der Waals surface area contributed by atoms with Crippen LogP contribution in [0.4, 0.5) is 0 Å². The zero-order valence-corrected chi connectivity index (χ0v) is 10.1. The lowest BCUT2D eigenvalue weighted by Gasteiger charge is -2.22. The normalized spacial score (nSPS) is 18.0. The van der Waals surface area contributed by atoms with Crippen LogP contribution in [-0.4, -0.2) is 29.2 Å². The van der Waals surface area contributed by atoms with Crippen molar-refractivity contribution in [3.05, 3.63) is 23.7 Å². The second kappa shape index (κ2) is 5.02. The van der Waals surface area contributed by atoms with Gasteiger partial charge in [0.2, 0.25) is 0 Å². The molecule has 1 aromatic heterocycles. The summed E-state index contributed by atoms with van der Waals surface area (Å²) >= 11 is 0. The minimum absolute atomic E-state index is 0.269. The Balaban J connectivity index is 1.89. The third-order valence-corrected chi connectivity index (χ3v) is 2.91. The molecular formula is C13H21NO2. The van der Waals surface area contributed by atoms with Crippen LogP contribution in [0, 0.1) is 12.8 Å². The average Bonchev–Trinajstić information content (AvgIpc) is 2.89. The SMILES string of the molecule is Cc1ccc(CN(CC(C)O)CC2CC2)o1. The van der Waals surface area contributed by atoms with E-state index in [0.717, 1.165) is 37.1 Å². The van der Waals surface area contributed by atoms with Crippen LogP contribution in [0.1, 0.15) is 31.3 Å². The lowest BCUT2D eigenvalue weighted by Crippen LogP contribution is -2.32. The first-order chi connectivity index (χ1) is 7.63. The molecule has 0 saturated heterocycles. The van der Waals surface area contributed by atoms with Gasteiger partial charge < -0.3 is 9.52 Å². The second-order valence-electron chi connectivity index (χ2n) is 5.00. The fourth-order valence-electron chi connectivity index (χ4n) is 2.03. The standard InChI is InChI=1S/C13H21NO2/c1-10(15)7-14(8-12-4-5-12)9-13-6-3-11(2)16-13/h3,6,10,12,15H,4-5,7-9H2,1-2H3. The van der Waals surface area contributed by atoms with Crippen LogP contribution in [0.3, 0.4) is 0 Å². The highest BCUT2D eigenvalue weighted by Crippen LogP contribution is 2.30. The molecule has 1 heterocycles. The molecule has 16 heavy (non-hydrogen) atoms. The molecule has 1 aromatic rings. The number of furan rings is 1. The van der Waals surface area contributed by atoms with Crippen LogP contribution in [0.25, 0.3) is 0 Å². The molecule has 1 atom stereocenters. The molecule has 1 unspecified atom stereocenters. The summed E-state index contributed by atoms with van der Waals surface area (Å²) in [7, 11) is 0. The highest BCUT2D eigenvalue weighted by Gasteiger charge is 2.25. The Morgan fingerprint density at radius 1 is 1.50 bits per heavy atom. The van der Waals surface area contributed by atoms with E-state index < -0.39 is 0 Å². The molecule has 0 aromatic carbocycles. The van der Waals surface area contributed by atoms with Gasteiger partial charge >= 0.3 is 0 Å². The van der Waals surface area contributed by atoms with Gasteiger partial charge in [-0.2, -0.15) is 0 Å². The van der Waals surface area contributed by atoms with Gasteiger partial charge in [0.15, 0.2) is 0 Å². The van der Waals surface area contributed by atoms with Crippen LogP contribution in [-0.2, 0) is 6.54 Å². The lowest BCUT2D eigenvalue weighted by atomic mass is 10.3. The third kappa shape index (κ3) is 3.65. The molecule has 1 N–H and O–H groups in total. The van der Waals surface area contributed by atoms with E-state index in [4.69, 9.17) is 4.42 Å². The molecule has 0 spiro atoms. The summed E-state index contributed by atoms with van der Waals surface area (Å²) in [5, 5.41) is 9.47. The number of aryl methyl sites for hydroxylation is 1. The van der Waals surface area contributed by atoms with Gasteiger partial charge in [0.05, 0.1) is 12.6 Å². The minimum Gasteiger partial charge on any atom is -0.465 e. The number of aliphatic hydroxyl groups excluding tert-OH is 1. The molecular weight excluding hydrogens is 202 g/mol. The van der Waals surface area contributed by atoms with Gasteiger partial charge in [0, 0.05) is 13.1 Å². The van der Waals surface area contributed by atoms with Gasteiger partial charge in [-0.3, -0.25) is 4.90 Å². The minimum atomic E-state index is -0.269. The van der Waals surface area contributed by atoms with Crippen molar-refractivity contribution in [2.24, 2.45) is 5.92 Å². The number of rotatable bonds is 6. The topological polar surface area (TPSA) is 36.6 Å². The molecule has 1 fully saturated rings. The number of hydrogen-bond donors (Lipinski definition) is 1. The zero-order valence-electron chi connectivity index (χ0n) is 10.1. The molecule has 0 radical (unpaired) electrons. The van der Waals surface area contributed by atoms with E-state index in [0.29, 0.717) is 0 Å². The molecule has 3 heteroatoms. The molecule has 0 amide bonds. The zero-order chi connectivity index (χ0) is 11.5. The van der Waals surface area contributed by atoms with E-state index in [1.54, 1.807) is 0 Å². The summed E-state index contributed by atoms with van der Waals surface area (Å²) in [6.07, 6.45) is 2.41. The van der Waals surface area contributed by atoms with Gasteiger partial charge in [-0.15, -0.1) is 0 Å². The van der Waals surface area contributed by atoms with E-state index in [1.165, 1.54) is 12.8 Å². The van der Waals surface area contributed by atoms with Crippen LogP contribution in [0.5, 0.6) is 0 Å². The molecule has 1 aliphatic carbocycles. The van der Waals surface area contributed by atoms with Crippen molar-refractivity contribution in [2.45, 2.75) is 39.3 Å². The number of nitrogens with zero attached hydrogens (tertiary/aromatic N) is 1. The number of aliphatic hydroxyl groups is 1. The van der Waals surface area contributed by atoms with E-state index in [-0.39, 0.29) is 6.10 Å². The van der Waals surface area contributed by atoms with Crippen LogP contribution in [0.15, 0.2) is 16.5 Å². The predicted molar refractivity (Wildman–Crippen MR) is 63.1 cm³/mol. The van der Waals surface area contributed by atoms with E-state index in [9.17, 15) is 5.11 Å². The van der Waals surface area contributed by atoms with E-state index in [2.05, 4.69) is 4.90 Å². The third-order valence-electron chi connectivity index (χ3n) is 2.91. The predicted octanol–water partition coefficient (Wildman–Crippen LogP) is 2.18. The fourth-order valence-corrected chi connectivity index (χ4v) is 2.03. The van der Waals surface area contributed by atoms with Gasteiger partial charge in [0.25, 0.3) is 0 Å². The smallest absolute Gasteiger partial charge is 0.118 e. The highest BCUT2D eigenvalue weighted by molar-refractivity contribution is 5.05. The van der Waals surface area contributed by atoms with Crippen molar-refractivity contribution in [2.75, 3.05) is 13.1 Å². The Labute approximate surface area is 97.1 Å². The van der Waals surface area contributed by atoms with Crippen LogP contribution in [0.2, 0.25) is 0 Å². The maximum atomic E-state index is 9.47. The summed E-state index contributed by atoms with van der Waals surface area (Å²) in [5.74, 6) is 2.80. The highest BCUT2D eigenvalue weighted by atomic mass is 16.3. The van der Waals surface area contributed by atoms with E-state index in [1.807, 2.05) is 26.0 Å². The van der Waals surface area contributed by atoms with Gasteiger partial charge in [-0.1, -0.05) is 0 Å². The van der Waals surface area contributed by atoms with Crippen molar-refractivity contribution >= 4 is 0 Å². The van der Waals surface area contributed by atoms with Crippen LogP contribution < -0.4 is 0 Å². The van der Waals surface area contributed by atoms with Gasteiger partial charge in [0.1, 0.15) is 11.5 Å². The van der Waals surface area contributed by atoms with Crippen molar-refractivity contribution in [3.8, 4) is 0 Å². The fraction of sp³-hybridized carbons (Fsp3) is 0.692. The second-order valence-corrected chi connectivity index (χ2v) is 5.00. The quantitative estimate of drug-likeness (QED) is 0.803. The van der Waals surface area contributed by atoms with E-state index >= 15 is 0 Å². The Bertz CT molecular complexity index is 324. The molecule has 2 rings (SSSR count). The Morgan fingerprint density at radius 2 is 2.25 bits per heavy atom. The van der Waals surface area contributed by atoms with Crippen molar-refractivity contribution in [1.82, 2.24) is 4.90 Å². The largest absolute Gasteiger partial charge is 0.465 e. The molecule has 1 saturated carbocycles. The summed E-state index contributed by atoms with van der Waals surface area (Å²) in [4.78, 5) is 2.29. The van der Waals surface area contributed by atoms with Gasteiger partial charge in [-0.05, 0) is 44.7 Å². The van der Waals surface area contributed by atoms with Crippen molar-refractivity contribution < 1.29 is 9.52 Å². The first-order valence-corrected chi connectivity index (χ1v) is 6.09. The average molecular weight is 223 g/mol. The van der Waals surface area contributed by atoms with Crippen LogP contribution >= 0.6 is 0 Å². The van der Waals surface area contributed by atoms with Crippen molar-refractivity contribution in [1.29, 1.82) is 0 Å². The Hall–Kier alpha value is -0.800. The maximum absolute atomic E-state index is 9.47. The monoisotopic (exact) mass is 223 g/mol. The molecule has 0 bridgehead atoms. The molecule has 0 aliphatic heterocycles. The van der Waals surface area contributed by atoms with Gasteiger partial charge in [-0.25, -0.2) is 0 Å². The first-order valence-electron chi connectivity index (χ1n) is 6.09. The lowest BCUT2D eigenvalue weighted by molar-refractivity contribution is 0.114. The van der Waals surface area contributed by atoms with Crippen molar-refractivity contribution in [3.63, 3.8) is 0 Å². The summed E-state index contributed by atoms with van der Waals surface area (Å²) < 4.78 is 5.57. The summed E-state index contributed by atoms with van der Waals surface area (Å²) in [6, 6.07) is 4.02. The summed E-state index contributed by atoms with van der Waals surface area (Å²) in [5.41, 5.74) is 0. The number of hydrogen-bond acceptors (Lipinski definition) is 3. The summed E-state index contributed by atoms with van der Waals surface area (Å²) in [6.45, 7) is 6.44. The Kier molecular flexibility index (Phi) is 3.66. The Morgan fingerprint density at radius 3 is 2.75 bits per heavy atom. The molecule has 90 valence electrons. The molecule has 3 nitrogen and oxygen atoms in total. The maximum Gasteiger partial charge on any atom is 0.118 e. The first kappa shape index (κ1) is 11.7. The molecule has 1 aliphatic rings.